The molecule has 0 radical (unpaired) electrons. The maximum atomic E-state index is 12.8. The molecule has 5 rings (SSSR count). The first-order valence-electron chi connectivity index (χ1n) is 10.2. The van der Waals surface area contributed by atoms with Crippen LogP contribution in [0.5, 0.6) is 0 Å². The lowest BCUT2D eigenvalue weighted by Crippen LogP contribution is -2.48. The number of nitrogens with one attached hydrogen (secondary N) is 1. The topological polar surface area (TPSA) is 91.2 Å². The van der Waals surface area contributed by atoms with Crippen molar-refractivity contribution in [1.29, 1.82) is 0 Å². The summed E-state index contributed by atoms with van der Waals surface area (Å²) in [4.78, 5) is 22.5. The molecule has 1 saturated heterocycles. The third-order valence-electron chi connectivity index (χ3n) is 5.46. The number of piperazine rings is 1. The van der Waals surface area contributed by atoms with Crippen LogP contribution < -0.4 is 0 Å². The van der Waals surface area contributed by atoms with E-state index < -0.39 is 0 Å². The number of aromatic nitrogens is 4. The largest absolute Gasteiger partial charge is 0.338 e. The van der Waals surface area contributed by atoms with Crippen LogP contribution in [0, 0.1) is 6.92 Å². The molecule has 1 aromatic carbocycles. The lowest BCUT2D eigenvalue weighted by Gasteiger charge is -2.33. The third kappa shape index (κ3) is 4.14. The van der Waals surface area contributed by atoms with E-state index in [1.807, 2.05) is 59.7 Å². The maximum Gasteiger partial charge on any atom is 0.274 e. The Bertz CT molecular complexity index is 1170. The summed E-state index contributed by atoms with van der Waals surface area (Å²) in [5.41, 5.74) is 3.42. The summed E-state index contributed by atoms with van der Waals surface area (Å²) >= 11 is 1.62. The van der Waals surface area contributed by atoms with Crippen LogP contribution in [0.3, 0.4) is 0 Å². The Kier molecular flexibility index (Phi) is 5.35. The first kappa shape index (κ1) is 19.7. The van der Waals surface area contributed by atoms with Gasteiger partial charge in [0.05, 0.1) is 17.1 Å². The van der Waals surface area contributed by atoms with Crippen LogP contribution in [0.25, 0.3) is 22.0 Å². The van der Waals surface area contributed by atoms with Gasteiger partial charge in [0, 0.05) is 31.7 Å². The Morgan fingerprint density at radius 1 is 1.16 bits per heavy atom. The van der Waals surface area contributed by atoms with Crippen LogP contribution in [0.1, 0.15) is 21.9 Å². The van der Waals surface area contributed by atoms with Crippen molar-refractivity contribution in [3.05, 3.63) is 65.0 Å². The molecule has 8 nitrogen and oxygen atoms in total. The van der Waals surface area contributed by atoms with Gasteiger partial charge in [-0.2, -0.15) is 10.1 Å². The summed E-state index contributed by atoms with van der Waals surface area (Å²) in [6.45, 7) is 5.37. The molecule has 1 aliphatic rings. The molecule has 0 bridgehead atoms. The molecule has 4 heterocycles. The van der Waals surface area contributed by atoms with Crippen LogP contribution >= 0.6 is 11.3 Å². The Morgan fingerprint density at radius 3 is 2.77 bits per heavy atom. The van der Waals surface area contributed by atoms with E-state index in [4.69, 9.17) is 4.52 Å². The second-order valence-corrected chi connectivity index (χ2v) is 8.49. The Balaban J connectivity index is 1.18. The zero-order valence-corrected chi connectivity index (χ0v) is 17.9. The molecular weight excluding hydrogens is 412 g/mol. The van der Waals surface area contributed by atoms with Crippen molar-refractivity contribution in [2.24, 2.45) is 0 Å². The highest BCUT2D eigenvalue weighted by Gasteiger charge is 2.25. The lowest BCUT2D eigenvalue weighted by atomic mass is 10.1. The summed E-state index contributed by atoms with van der Waals surface area (Å²) in [6, 6.07) is 13.8. The number of amides is 1. The number of hydrogen-bond donors (Lipinski definition) is 1. The predicted octanol–water partition coefficient (Wildman–Crippen LogP) is 3.45. The van der Waals surface area contributed by atoms with Crippen molar-refractivity contribution in [1.82, 2.24) is 30.1 Å². The van der Waals surface area contributed by atoms with Crippen LogP contribution in [0.4, 0.5) is 0 Å². The van der Waals surface area contributed by atoms with E-state index in [0.29, 0.717) is 37.0 Å². The fourth-order valence-corrected chi connectivity index (χ4v) is 4.40. The quantitative estimate of drug-likeness (QED) is 0.517. The summed E-state index contributed by atoms with van der Waals surface area (Å²) < 4.78 is 5.46. The number of thiophene rings is 1. The Morgan fingerprint density at radius 2 is 2.00 bits per heavy atom. The van der Waals surface area contributed by atoms with Crippen LogP contribution in [0.2, 0.25) is 0 Å². The minimum Gasteiger partial charge on any atom is -0.338 e. The maximum absolute atomic E-state index is 12.8. The normalized spacial score (nSPS) is 14.8. The zero-order chi connectivity index (χ0) is 21.2. The minimum absolute atomic E-state index is 0.0432. The van der Waals surface area contributed by atoms with Crippen LogP contribution in [0.15, 0.2) is 52.4 Å². The van der Waals surface area contributed by atoms with Crippen molar-refractivity contribution in [3.63, 3.8) is 0 Å². The highest BCUT2D eigenvalue weighted by atomic mass is 32.1. The molecular formula is C22H22N6O2S. The lowest BCUT2D eigenvalue weighted by molar-refractivity contribution is 0.0609. The van der Waals surface area contributed by atoms with Gasteiger partial charge >= 0.3 is 0 Å². The van der Waals surface area contributed by atoms with Crippen molar-refractivity contribution >= 4 is 17.2 Å². The second-order valence-electron chi connectivity index (χ2n) is 7.54. The molecule has 0 atom stereocenters. The number of aromatic amines is 1. The van der Waals surface area contributed by atoms with Gasteiger partial charge in [0.25, 0.3) is 5.91 Å². The fourth-order valence-electron chi connectivity index (χ4n) is 3.70. The number of hydrogen-bond acceptors (Lipinski definition) is 7. The van der Waals surface area contributed by atoms with Crippen molar-refractivity contribution in [2.45, 2.75) is 13.5 Å². The van der Waals surface area contributed by atoms with Crippen molar-refractivity contribution in [2.75, 3.05) is 26.2 Å². The second kappa shape index (κ2) is 8.44. The van der Waals surface area contributed by atoms with Crippen LogP contribution in [-0.2, 0) is 6.54 Å². The van der Waals surface area contributed by atoms with E-state index in [2.05, 4.69) is 25.2 Å². The molecule has 4 aromatic rings. The van der Waals surface area contributed by atoms with Crippen molar-refractivity contribution in [3.8, 4) is 22.0 Å². The number of aryl methyl sites for hydroxylation is 1. The Labute approximate surface area is 183 Å². The Hall–Kier alpha value is -3.30. The molecule has 158 valence electrons. The summed E-state index contributed by atoms with van der Waals surface area (Å²) in [5.74, 6) is 1.16. The molecule has 0 spiro atoms. The highest BCUT2D eigenvalue weighted by Crippen LogP contribution is 2.24. The number of H-pyrrole nitrogens is 1. The summed E-state index contributed by atoms with van der Waals surface area (Å²) in [6.07, 6.45) is 0. The van der Waals surface area contributed by atoms with Gasteiger partial charge in [-0.3, -0.25) is 14.8 Å². The van der Waals surface area contributed by atoms with Gasteiger partial charge in [-0.1, -0.05) is 35.5 Å². The van der Waals surface area contributed by atoms with E-state index in [1.165, 1.54) is 0 Å². The molecule has 1 fully saturated rings. The average Bonchev–Trinajstić information content (AvgIpc) is 3.55. The van der Waals surface area contributed by atoms with Gasteiger partial charge in [0.15, 0.2) is 5.69 Å². The fraction of sp³-hybridized carbons (Fsp3) is 0.273. The third-order valence-corrected chi connectivity index (χ3v) is 6.36. The summed E-state index contributed by atoms with van der Waals surface area (Å²) in [5, 5.41) is 13.3. The van der Waals surface area contributed by atoms with E-state index in [-0.39, 0.29) is 5.91 Å². The van der Waals surface area contributed by atoms with Crippen LogP contribution in [-0.4, -0.2) is 62.2 Å². The minimum atomic E-state index is -0.0432. The van der Waals surface area contributed by atoms with E-state index >= 15 is 0 Å². The monoisotopic (exact) mass is 434 g/mol. The van der Waals surface area contributed by atoms with E-state index in [1.54, 1.807) is 11.3 Å². The number of nitrogens with zero attached hydrogens (tertiary/aromatic N) is 5. The molecule has 1 aliphatic heterocycles. The number of carbonyl (C=O) groups excluding carboxylic acids is 1. The standard InChI is InChI=1S/C22H22N6O2S/c1-15-5-2-3-6-16(15)21-23-20(30-26-21)14-27-8-10-28(11-9-27)22(29)18-13-17(24-25-18)19-7-4-12-31-19/h2-7,12-13H,8-11,14H2,1H3,(H,24,25). The molecule has 0 aliphatic carbocycles. The predicted molar refractivity (Wildman–Crippen MR) is 118 cm³/mol. The number of rotatable bonds is 5. The smallest absolute Gasteiger partial charge is 0.274 e. The van der Waals surface area contributed by atoms with Gasteiger partial charge in [-0.05, 0) is 30.0 Å². The van der Waals surface area contributed by atoms with Gasteiger partial charge in [-0.25, -0.2) is 0 Å². The van der Waals surface area contributed by atoms with E-state index in [0.717, 1.165) is 34.8 Å². The average molecular weight is 435 g/mol. The molecule has 1 amide bonds. The molecule has 31 heavy (non-hydrogen) atoms. The van der Waals surface area contributed by atoms with Crippen molar-refractivity contribution < 1.29 is 9.32 Å². The van der Waals surface area contributed by atoms with Gasteiger partial charge in [0.1, 0.15) is 0 Å². The van der Waals surface area contributed by atoms with Gasteiger partial charge < -0.3 is 9.42 Å². The number of benzene rings is 1. The first-order valence-corrected chi connectivity index (χ1v) is 11.0. The molecule has 9 heteroatoms. The summed E-state index contributed by atoms with van der Waals surface area (Å²) in [7, 11) is 0. The first-order chi connectivity index (χ1) is 15.2. The number of carbonyl (C=O) groups is 1. The molecule has 1 N–H and O–H groups in total. The van der Waals surface area contributed by atoms with E-state index in [9.17, 15) is 4.79 Å². The van der Waals surface area contributed by atoms with Gasteiger partial charge in [0.2, 0.25) is 11.7 Å². The van der Waals surface area contributed by atoms with Gasteiger partial charge in [-0.15, -0.1) is 11.3 Å². The highest BCUT2D eigenvalue weighted by molar-refractivity contribution is 7.13. The molecule has 0 unspecified atom stereocenters. The molecule has 0 saturated carbocycles. The molecule has 3 aromatic heterocycles. The zero-order valence-electron chi connectivity index (χ0n) is 17.1. The SMILES string of the molecule is Cc1ccccc1-c1noc(CN2CCN(C(=O)c3cc(-c4cccs4)[nH]n3)CC2)n1.